The maximum Gasteiger partial charge on any atom is 0.239 e. The zero-order chi connectivity index (χ0) is 15.9. The number of benzene rings is 1. The second-order valence-electron chi connectivity index (χ2n) is 6.11. The highest BCUT2D eigenvalue weighted by molar-refractivity contribution is 5.85. The van der Waals surface area contributed by atoms with E-state index in [0.29, 0.717) is 5.56 Å². The molecule has 0 aliphatic heterocycles. The molecule has 0 atom stereocenters. The third-order valence-corrected chi connectivity index (χ3v) is 4.08. The number of halogens is 1. The van der Waals surface area contributed by atoms with Gasteiger partial charge in [-0.1, -0.05) is 19.1 Å². The molecule has 0 aromatic heterocycles. The van der Waals surface area contributed by atoms with Gasteiger partial charge in [0.1, 0.15) is 5.82 Å². The van der Waals surface area contributed by atoms with E-state index in [-0.39, 0.29) is 36.6 Å². The molecule has 2 N–H and O–H groups in total. The highest BCUT2D eigenvalue weighted by atomic mass is 19.1. The molecule has 0 radical (unpaired) electrons. The Labute approximate surface area is 130 Å². The molecular formula is C17H23FN2O2. The van der Waals surface area contributed by atoms with Crippen molar-refractivity contribution in [1.29, 1.82) is 0 Å². The summed E-state index contributed by atoms with van der Waals surface area (Å²) in [7, 11) is 0. The molecule has 2 amide bonds. The van der Waals surface area contributed by atoms with E-state index in [0.717, 1.165) is 31.6 Å². The van der Waals surface area contributed by atoms with Gasteiger partial charge in [-0.3, -0.25) is 9.59 Å². The first-order valence-electron chi connectivity index (χ1n) is 7.83. The molecule has 0 spiro atoms. The SMILES string of the molecule is CC1CCC(NC(=O)CNC(=O)Cc2cccc(F)c2)CC1. The zero-order valence-corrected chi connectivity index (χ0v) is 12.9. The predicted molar refractivity (Wildman–Crippen MR) is 82.7 cm³/mol. The van der Waals surface area contributed by atoms with Crippen molar-refractivity contribution in [3.05, 3.63) is 35.6 Å². The lowest BCUT2D eigenvalue weighted by atomic mass is 9.87. The Morgan fingerprint density at radius 1 is 1.18 bits per heavy atom. The molecule has 4 nitrogen and oxygen atoms in total. The largest absolute Gasteiger partial charge is 0.352 e. The summed E-state index contributed by atoms with van der Waals surface area (Å²) in [5.74, 6) is -0.0705. The Morgan fingerprint density at radius 2 is 1.91 bits per heavy atom. The maximum atomic E-state index is 13.0. The van der Waals surface area contributed by atoms with E-state index in [2.05, 4.69) is 17.6 Å². The summed E-state index contributed by atoms with van der Waals surface area (Å²) >= 11 is 0. The summed E-state index contributed by atoms with van der Waals surface area (Å²) in [6.45, 7) is 2.20. The summed E-state index contributed by atoms with van der Waals surface area (Å²) in [5.41, 5.74) is 0.596. The summed E-state index contributed by atoms with van der Waals surface area (Å²) in [6.07, 6.45) is 4.36. The number of amides is 2. The van der Waals surface area contributed by atoms with Crippen molar-refractivity contribution in [3.63, 3.8) is 0 Å². The minimum atomic E-state index is -0.366. The van der Waals surface area contributed by atoms with Crippen molar-refractivity contribution in [1.82, 2.24) is 10.6 Å². The van der Waals surface area contributed by atoms with Gasteiger partial charge in [-0.05, 0) is 49.3 Å². The van der Waals surface area contributed by atoms with Crippen molar-refractivity contribution in [2.24, 2.45) is 5.92 Å². The van der Waals surface area contributed by atoms with Crippen molar-refractivity contribution in [2.75, 3.05) is 6.54 Å². The minimum absolute atomic E-state index is 0.0276. The van der Waals surface area contributed by atoms with Crippen LogP contribution >= 0.6 is 0 Å². The van der Waals surface area contributed by atoms with Crippen molar-refractivity contribution >= 4 is 11.8 Å². The number of carbonyl (C=O) groups is 2. The van der Waals surface area contributed by atoms with Crippen molar-refractivity contribution < 1.29 is 14.0 Å². The monoisotopic (exact) mass is 306 g/mol. The van der Waals surface area contributed by atoms with Crippen LogP contribution in [-0.4, -0.2) is 24.4 Å². The first-order valence-corrected chi connectivity index (χ1v) is 7.83. The Kier molecular flexibility index (Phi) is 5.92. The molecule has 1 aromatic rings. The molecule has 0 unspecified atom stereocenters. The molecule has 22 heavy (non-hydrogen) atoms. The molecule has 1 aliphatic rings. The average molecular weight is 306 g/mol. The molecule has 0 bridgehead atoms. The Morgan fingerprint density at radius 3 is 2.59 bits per heavy atom. The van der Waals surface area contributed by atoms with Gasteiger partial charge in [0.15, 0.2) is 0 Å². The van der Waals surface area contributed by atoms with Crippen LogP contribution in [0.5, 0.6) is 0 Å². The Balaban J connectivity index is 1.68. The van der Waals surface area contributed by atoms with Crippen LogP contribution < -0.4 is 10.6 Å². The maximum absolute atomic E-state index is 13.0. The summed E-state index contributed by atoms with van der Waals surface area (Å²) in [5, 5.41) is 5.53. The first kappa shape index (κ1) is 16.5. The van der Waals surface area contributed by atoms with Crippen LogP contribution in [0.3, 0.4) is 0 Å². The molecule has 1 fully saturated rings. The van der Waals surface area contributed by atoms with Crippen molar-refractivity contribution in [2.45, 2.75) is 45.1 Å². The minimum Gasteiger partial charge on any atom is -0.352 e. The van der Waals surface area contributed by atoms with Gasteiger partial charge in [0.05, 0.1) is 13.0 Å². The van der Waals surface area contributed by atoms with Crippen LogP contribution in [-0.2, 0) is 16.0 Å². The number of carbonyl (C=O) groups excluding carboxylic acids is 2. The van der Waals surface area contributed by atoms with E-state index in [9.17, 15) is 14.0 Å². The number of hydrogen-bond donors (Lipinski definition) is 2. The molecule has 120 valence electrons. The van der Waals surface area contributed by atoms with E-state index in [1.807, 2.05) is 0 Å². The van der Waals surface area contributed by atoms with Gasteiger partial charge in [0.2, 0.25) is 11.8 Å². The summed E-state index contributed by atoms with van der Waals surface area (Å²) in [4.78, 5) is 23.6. The topological polar surface area (TPSA) is 58.2 Å². The second kappa shape index (κ2) is 7.92. The highest BCUT2D eigenvalue weighted by Gasteiger charge is 2.19. The van der Waals surface area contributed by atoms with E-state index in [1.165, 1.54) is 12.1 Å². The smallest absolute Gasteiger partial charge is 0.239 e. The lowest BCUT2D eigenvalue weighted by Crippen LogP contribution is -2.43. The molecule has 0 heterocycles. The Bertz CT molecular complexity index is 525. The average Bonchev–Trinajstić information content (AvgIpc) is 2.48. The quantitative estimate of drug-likeness (QED) is 0.876. The number of nitrogens with one attached hydrogen (secondary N) is 2. The van der Waals surface area contributed by atoms with Crippen LogP contribution in [0.25, 0.3) is 0 Å². The predicted octanol–water partition coefficient (Wildman–Crippen LogP) is 2.18. The van der Waals surface area contributed by atoms with Crippen molar-refractivity contribution in [3.8, 4) is 0 Å². The third kappa shape index (κ3) is 5.47. The molecule has 1 aromatic carbocycles. The Hall–Kier alpha value is -1.91. The molecular weight excluding hydrogens is 283 g/mol. The van der Waals surface area contributed by atoms with Crippen LogP contribution in [0.2, 0.25) is 0 Å². The van der Waals surface area contributed by atoms with E-state index >= 15 is 0 Å². The number of rotatable bonds is 5. The lowest BCUT2D eigenvalue weighted by molar-refractivity contribution is -0.126. The third-order valence-electron chi connectivity index (χ3n) is 4.08. The lowest BCUT2D eigenvalue weighted by Gasteiger charge is -2.26. The van der Waals surface area contributed by atoms with E-state index < -0.39 is 0 Å². The van der Waals surface area contributed by atoms with Gasteiger partial charge >= 0.3 is 0 Å². The van der Waals surface area contributed by atoms with Gasteiger partial charge < -0.3 is 10.6 Å². The van der Waals surface area contributed by atoms with Gasteiger partial charge in [-0.15, -0.1) is 0 Å². The molecule has 5 heteroatoms. The van der Waals surface area contributed by atoms with Gasteiger partial charge in [-0.25, -0.2) is 4.39 Å². The second-order valence-corrected chi connectivity index (χ2v) is 6.11. The highest BCUT2D eigenvalue weighted by Crippen LogP contribution is 2.23. The normalized spacial score (nSPS) is 21.2. The van der Waals surface area contributed by atoms with E-state index in [1.54, 1.807) is 12.1 Å². The van der Waals surface area contributed by atoms with E-state index in [4.69, 9.17) is 0 Å². The molecule has 2 rings (SSSR count). The molecule has 0 saturated heterocycles. The zero-order valence-electron chi connectivity index (χ0n) is 12.9. The van der Waals surface area contributed by atoms with Crippen LogP contribution in [0, 0.1) is 11.7 Å². The molecule has 1 aliphatic carbocycles. The van der Waals surface area contributed by atoms with Crippen LogP contribution in [0.1, 0.15) is 38.2 Å². The molecule has 1 saturated carbocycles. The van der Waals surface area contributed by atoms with Gasteiger partial charge in [-0.2, -0.15) is 0 Å². The van der Waals surface area contributed by atoms with Gasteiger partial charge in [0.25, 0.3) is 0 Å². The summed E-state index contributed by atoms with van der Waals surface area (Å²) in [6, 6.07) is 6.13. The van der Waals surface area contributed by atoms with Gasteiger partial charge in [0, 0.05) is 6.04 Å². The first-order chi connectivity index (χ1) is 10.5. The fourth-order valence-corrected chi connectivity index (χ4v) is 2.76. The standard InChI is InChI=1S/C17H23FN2O2/c1-12-5-7-15(8-6-12)20-17(22)11-19-16(21)10-13-3-2-4-14(18)9-13/h2-4,9,12,15H,5-8,10-11H2,1H3,(H,19,21)(H,20,22). The van der Waals surface area contributed by atoms with Crippen LogP contribution in [0.15, 0.2) is 24.3 Å². The fraction of sp³-hybridized carbons (Fsp3) is 0.529. The summed E-state index contributed by atoms with van der Waals surface area (Å²) < 4.78 is 13.0. The number of hydrogen-bond acceptors (Lipinski definition) is 2. The fourth-order valence-electron chi connectivity index (χ4n) is 2.76. The van der Waals surface area contributed by atoms with Crippen LogP contribution in [0.4, 0.5) is 4.39 Å².